The Morgan fingerprint density at radius 1 is 1.47 bits per heavy atom. The van der Waals surface area contributed by atoms with Gasteiger partial charge >= 0.3 is 0 Å². The van der Waals surface area contributed by atoms with Crippen molar-refractivity contribution in [2.24, 2.45) is 12.8 Å². The second kappa shape index (κ2) is 5.71. The zero-order valence-electron chi connectivity index (χ0n) is 10.9. The number of imidazole rings is 1. The van der Waals surface area contributed by atoms with Crippen molar-refractivity contribution >= 4 is 21.6 Å². The van der Waals surface area contributed by atoms with E-state index in [2.05, 4.69) is 20.9 Å². The van der Waals surface area contributed by atoms with Crippen LogP contribution in [0.5, 0.6) is 0 Å². The molecule has 2 aromatic rings. The summed E-state index contributed by atoms with van der Waals surface area (Å²) in [5.41, 5.74) is 6.83. The normalized spacial score (nSPS) is 10.8. The molecule has 0 fully saturated rings. The van der Waals surface area contributed by atoms with E-state index in [-0.39, 0.29) is 5.82 Å². The minimum absolute atomic E-state index is 0.292. The minimum Gasteiger partial charge on any atom is -0.365 e. The molecule has 2 rings (SSSR count). The number of aryl methyl sites for hydroxylation is 1. The molecule has 0 aliphatic carbocycles. The van der Waals surface area contributed by atoms with Crippen LogP contribution in [-0.4, -0.2) is 16.6 Å². The Bertz CT molecular complexity index is 582. The van der Waals surface area contributed by atoms with Crippen molar-refractivity contribution in [3.05, 3.63) is 46.2 Å². The summed E-state index contributed by atoms with van der Waals surface area (Å²) in [6.07, 6.45) is 3.60. The molecule has 19 heavy (non-hydrogen) atoms. The van der Waals surface area contributed by atoms with Crippen molar-refractivity contribution in [1.82, 2.24) is 9.55 Å². The molecule has 0 aliphatic heterocycles. The molecule has 0 atom stereocenters. The van der Waals surface area contributed by atoms with Crippen molar-refractivity contribution in [3.63, 3.8) is 0 Å². The maximum Gasteiger partial charge on any atom is 0.160 e. The Morgan fingerprint density at radius 2 is 2.21 bits per heavy atom. The number of anilines is 1. The van der Waals surface area contributed by atoms with Crippen LogP contribution in [0.15, 0.2) is 29.0 Å². The minimum atomic E-state index is -0.292. The van der Waals surface area contributed by atoms with Gasteiger partial charge in [-0.3, -0.25) is 0 Å². The number of nitrogens with two attached hydrogens (primary N) is 1. The predicted octanol–water partition coefficient (Wildman–Crippen LogP) is 2.42. The van der Waals surface area contributed by atoms with Gasteiger partial charge in [0.1, 0.15) is 5.82 Å². The van der Waals surface area contributed by atoms with E-state index in [9.17, 15) is 4.39 Å². The summed E-state index contributed by atoms with van der Waals surface area (Å²) in [6, 6.07) is 3.57. The lowest BCUT2D eigenvalue weighted by atomic mass is 10.2. The molecule has 6 heteroatoms. The van der Waals surface area contributed by atoms with Gasteiger partial charge in [0.2, 0.25) is 0 Å². The van der Waals surface area contributed by atoms with Crippen LogP contribution in [0.2, 0.25) is 0 Å². The lowest BCUT2D eigenvalue weighted by Gasteiger charge is -2.21. The highest BCUT2D eigenvalue weighted by molar-refractivity contribution is 9.10. The number of halogens is 2. The van der Waals surface area contributed by atoms with Crippen LogP contribution in [0.4, 0.5) is 10.1 Å². The van der Waals surface area contributed by atoms with Gasteiger partial charge in [0.15, 0.2) is 5.82 Å². The van der Waals surface area contributed by atoms with Gasteiger partial charge in [0, 0.05) is 33.0 Å². The quantitative estimate of drug-likeness (QED) is 0.938. The van der Waals surface area contributed by atoms with Crippen molar-refractivity contribution in [3.8, 4) is 0 Å². The van der Waals surface area contributed by atoms with Gasteiger partial charge in [-0.15, -0.1) is 0 Å². The second-order valence-corrected chi connectivity index (χ2v) is 5.18. The first-order valence-electron chi connectivity index (χ1n) is 5.89. The van der Waals surface area contributed by atoms with Crippen molar-refractivity contribution < 1.29 is 4.39 Å². The molecule has 4 nitrogen and oxygen atoms in total. The van der Waals surface area contributed by atoms with Gasteiger partial charge in [0.25, 0.3) is 0 Å². The van der Waals surface area contributed by atoms with Crippen molar-refractivity contribution in [1.29, 1.82) is 0 Å². The topological polar surface area (TPSA) is 47.1 Å². The van der Waals surface area contributed by atoms with Gasteiger partial charge in [-0.1, -0.05) is 6.07 Å². The molecule has 2 N–H and O–H groups in total. The lowest BCUT2D eigenvalue weighted by molar-refractivity contribution is 0.610. The largest absolute Gasteiger partial charge is 0.365 e. The molecular formula is C13H16BrFN4. The molecule has 0 radical (unpaired) electrons. The second-order valence-electron chi connectivity index (χ2n) is 4.39. The number of benzene rings is 1. The highest BCUT2D eigenvalue weighted by Gasteiger charge is 2.15. The highest BCUT2D eigenvalue weighted by atomic mass is 79.9. The van der Waals surface area contributed by atoms with E-state index in [0.29, 0.717) is 23.2 Å². The van der Waals surface area contributed by atoms with E-state index >= 15 is 0 Å². The van der Waals surface area contributed by atoms with Gasteiger partial charge in [0.05, 0.1) is 16.7 Å². The Balaban J connectivity index is 2.27. The summed E-state index contributed by atoms with van der Waals surface area (Å²) in [4.78, 5) is 6.06. The standard InChI is InChI=1S/C13H16BrFN4/c1-18-6-5-17-11(18)8-19(2)10-4-3-9(7-16)12(14)13(10)15/h3-6H,7-8,16H2,1-2H3. The van der Waals surface area contributed by atoms with Crippen LogP contribution in [-0.2, 0) is 20.1 Å². The van der Waals surface area contributed by atoms with E-state index < -0.39 is 0 Å². The monoisotopic (exact) mass is 326 g/mol. The molecule has 1 aromatic heterocycles. The summed E-state index contributed by atoms with van der Waals surface area (Å²) in [7, 11) is 3.75. The van der Waals surface area contributed by atoms with E-state index in [1.54, 1.807) is 12.3 Å². The van der Waals surface area contributed by atoms with Gasteiger partial charge < -0.3 is 15.2 Å². The van der Waals surface area contributed by atoms with Crippen LogP contribution in [0.1, 0.15) is 11.4 Å². The fourth-order valence-electron chi connectivity index (χ4n) is 1.88. The van der Waals surface area contributed by atoms with Gasteiger partial charge in [-0.05, 0) is 27.6 Å². The molecule has 0 amide bonds. The van der Waals surface area contributed by atoms with Crippen LogP contribution in [0.3, 0.4) is 0 Å². The van der Waals surface area contributed by atoms with Gasteiger partial charge in [-0.25, -0.2) is 9.37 Å². The molecule has 0 unspecified atom stereocenters. The van der Waals surface area contributed by atoms with Crippen LogP contribution in [0.25, 0.3) is 0 Å². The van der Waals surface area contributed by atoms with Crippen LogP contribution >= 0.6 is 15.9 Å². The Kier molecular flexibility index (Phi) is 4.21. The zero-order valence-corrected chi connectivity index (χ0v) is 12.5. The van der Waals surface area contributed by atoms with Crippen LogP contribution < -0.4 is 10.6 Å². The molecule has 102 valence electrons. The molecule has 0 spiro atoms. The molecule has 0 saturated heterocycles. The summed E-state index contributed by atoms with van der Waals surface area (Å²) < 4.78 is 16.6. The third-order valence-corrected chi connectivity index (χ3v) is 3.93. The third-order valence-electron chi connectivity index (χ3n) is 3.07. The fourth-order valence-corrected chi connectivity index (χ4v) is 2.38. The van der Waals surface area contributed by atoms with E-state index in [1.165, 1.54) is 0 Å². The van der Waals surface area contributed by atoms with E-state index in [1.807, 2.05) is 35.8 Å². The number of hydrogen-bond donors (Lipinski definition) is 1. The third kappa shape index (κ3) is 2.79. The highest BCUT2D eigenvalue weighted by Crippen LogP contribution is 2.29. The van der Waals surface area contributed by atoms with Crippen molar-refractivity contribution in [2.75, 3.05) is 11.9 Å². The first-order valence-corrected chi connectivity index (χ1v) is 6.68. The summed E-state index contributed by atoms with van der Waals surface area (Å²) in [5, 5.41) is 0. The molecule has 0 bridgehead atoms. The number of nitrogens with zero attached hydrogens (tertiary/aromatic N) is 3. The van der Waals surface area contributed by atoms with E-state index in [0.717, 1.165) is 11.4 Å². The molecule has 1 aromatic carbocycles. The maximum atomic E-state index is 14.3. The fraction of sp³-hybridized carbons (Fsp3) is 0.308. The summed E-state index contributed by atoms with van der Waals surface area (Å²) >= 11 is 3.25. The number of hydrogen-bond acceptors (Lipinski definition) is 3. The summed E-state index contributed by atoms with van der Waals surface area (Å²) in [5.74, 6) is 0.584. The maximum absolute atomic E-state index is 14.3. The lowest BCUT2D eigenvalue weighted by Crippen LogP contribution is -2.20. The Morgan fingerprint density at radius 3 is 2.79 bits per heavy atom. The first kappa shape index (κ1) is 14.0. The smallest absolute Gasteiger partial charge is 0.160 e. The molecule has 0 saturated carbocycles. The zero-order chi connectivity index (χ0) is 14.0. The Labute approximate surface area is 120 Å². The molecule has 0 aliphatic rings. The molecular weight excluding hydrogens is 311 g/mol. The SMILES string of the molecule is CN(Cc1nccn1C)c1ccc(CN)c(Br)c1F. The molecule has 1 heterocycles. The summed E-state index contributed by atoms with van der Waals surface area (Å²) in [6.45, 7) is 0.843. The average molecular weight is 327 g/mol. The number of rotatable bonds is 4. The van der Waals surface area contributed by atoms with Gasteiger partial charge in [-0.2, -0.15) is 0 Å². The first-order chi connectivity index (χ1) is 9.04. The Hall–Kier alpha value is -1.40. The number of aromatic nitrogens is 2. The van der Waals surface area contributed by atoms with E-state index in [4.69, 9.17) is 5.73 Å². The van der Waals surface area contributed by atoms with Crippen LogP contribution in [0, 0.1) is 5.82 Å². The predicted molar refractivity (Wildman–Crippen MR) is 77.3 cm³/mol. The van der Waals surface area contributed by atoms with Crippen molar-refractivity contribution in [2.45, 2.75) is 13.1 Å². The average Bonchev–Trinajstić information content (AvgIpc) is 2.78.